The smallest absolute Gasteiger partial charge is 0.315 e. The molecule has 0 aliphatic rings. The number of hydrogen-bond donors (Lipinski definition) is 2. The lowest BCUT2D eigenvalue weighted by Gasteiger charge is -2.23. The fraction of sp³-hybridized carbons (Fsp3) is 0.389. The van der Waals surface area contributed by atoms with E-state index in [0.717, 1.165) is 5.76 Å². The molecule has 0 spiro atoms. The van der Waals surface area contributed by atoms with Gasteiger partial charge in [-0.05, 0) is 57.4 Å². The summed E-state index contributed by atoms with van der Waals surface area (Å²) in [5.41, 5.74) is 0. The molecular weight excluding hydrogens is 325 g/mol. The highest BCUT2D eigenvalue weighted by Gasteiger charge is 2.18. The van der Waals surface area contributed by atoms with Crippen molar-refractivity contribution in [3.05, 3.63) is 54.2 Å². The van der Waals surface area contributed by atoms with Crippen LogP contribution in [0.1, 0.15) is 18.7 Å². The van der Waals surface area contributed by atoms with Crippen LogP contribution in [0.5, 0.6) is 5.75 Å². The third-order valence-corrected chi connectivity index (χ3v) is 3.64. The van der Waals surface area contributed by atoms with Gasteiger partial charge in [-0.2, -0.15) is 0 Å². The summed E-state index contributed by atoms with van der Waals surface area (Å²) in [5.74, 6) is 1.03. The van der Waals surface area contributed by atoms with Crippen LogP contribution in [-0.2, 0) is 0 Å². The number of furan rings is 1. The maximum absolute atomic E-state index is 12.8. The van der Waals surface area contributed by atoms with Gasteiger partial charge in [0, 0.05) is 6.54 Å². The van der Waals surface area contributed by atoms with Gasteiger partial charge in [0.1, 0.15) is 23.9 Å². The molecule has 2 atom stereocenters. The van der Waals surface area contributed by atoms with Crippen molar-refractivity contribution < 1.29 is 18.3 Å². The summed E-state index contributed by atoms with van der Waals surface area (Å²) >= 11 is 0. The second-order valence-corrected chi connectivity index (χ2v) is 6.02. The number of benzene rings is 1. The normalized spacial score (nSPS) is 13.3. The van der Waals surface area contributed by atoms with Crippen molar-refractivity contribution in [1.82, 2.24) is 15.5 Å². The number of halogens is 1. The zero-order valence-electron chi connectivity index (χ0n) is 14.7. The van der Waals surface area contributed by atoms with E-state index in [4.69, 9.17) is 9.15 Å². The van der Waals surface area contributed by atoms with Gasteiger partial charge in [0.2, 0.25) is 0 Å². The quantitative estimate of drug-likeness (QED) is 0.769. The Balaban J connectivity index is 1.74. The van der Waals surface area contributed by atoms with Gasteiger partial charge in [-0.15, -0.1) is 0 Å². The van der Waals surface area contributed by atoms with Crippen LogP contribution in [0.3, 0.4) is 0 Å². The minimum absolute atomic E-state index is 0.0495. The molecule has 2 N–H and O–H groups in total. The molecule has 2 amide bonds. The number of ether oxygens (including phenoxy) is 1. The standard InChI is InChI=1S/C18H24FN3O3/c1-13(12-25-15-8-6-14(19)7-9-15)21-18(23)20-11-16(22(2)3)17-5-4-10-24-17/h4-10,13,16H,11-12H2,1-3H3,(H2,20,21,23). The molecular formula is C18H24FN3O3. The number of carbonyl (C=O) groups excluding carboxylic acids is 1. The first-order valence-corrected chi connectivity index (χ1v) is 8.08. The summed E-state index contributed by atoms with van der Waals surface area (Å²) in [6.45, 7) is 2.53. The highest BCUT2D eigenvalue weighted by molar-refractivity contribution is 5.74. The summed E-state index contributed by atoms with van der Waals surface area (Å²) in [4.78, 5) is 14.0. The number of amides is 2. The van der Waals surface area contributed by atoms with Gasteiger partial charge in [-0.3, -0.25) is 4.90 Å². The Kier molecular flexibility index (Phi) is 6.82. The van der Waals surface area contributed by atoms with Crippen molar-refractivity contribution in [2.45, 2.75) is 19.0 Å². The Labute approximate surface area is 147 Å². The molecule has 6 nitrogen and oxygen atoms in total. The first-order valence-electron chi connectivity index (χ1n) is 8.08. The van der Waals surface area contributed by atoms with Gasteiger partial charge in [0.15, 0.2) is 0 Å². The van der Waals surface area contributed by atoms with Gasteiger partial charge in [0.25, 0.3) is 0 Å². The van der Waals surface area contributed by atoms with E-state index in [0.29, 0.717) is 12.3 Å². The van der Waals surface area contributed by atoms with Crippen LogP contribution in [0.4, 0.5) is 9.18 Å². The van der Waals surface area contributed by atoms with Crippen molar-refractivity contribution in [1.29, 1.82) is 0 Å². The molecule has 1 aromatic carbocycles. The highest BCUT2D eigenvalue weighted by Crippen LogP contribution is 2.17. The number of rotatable bonds is 8. The van der Waals surface area contributed by atoms with Crippen LogP contribution in [0.2, 0.25) is 0 Å². The second kappa shape index (κ2) is 9.08. The summed E-state index contributed by atoms with van der Waals surface area (Å²) in [6, 6.07) is 8.92. The van der Waals surface area contributed by atoms with Crippen LogP contribution in [0.15, 0.2) is 47.1 Å². The fourth-order valence-corrected chi connectivity index (χ4v) is 2.28. The predicted molar refractivity (Wildman–Crippen MR) is 93.0 cm³/mol. The molecule has 2 aromatic rings. The molecule has 0 radical (unpaired) electrons. The maximum atomic E-state index is 12.8. The SMILES string of the molecule is CC(COc1ccc(F)cc1)NC(=O)NCC(c1ccco1)N(C)C. The molecule has 136 valence electrons. The third kappa shape index (κ3) is 6.11. The van der Waals surface area contributed by atoms with Crippen LogP contribution in [-0.4, -0.2) is 44.2 Å². The lowest BCUT2D eigenvalue weighted by Crippen LogP contribution is -2.45. The Bertz CT molecular complexity index is 644. The Morgan fingerprint density at radius 1 is 1.28 bits per heavy atom. The van der Waals surface area contributed by atoms with Gasteiger partial charge in [0.05, 0.1) is 18.3 Å². The first kappa shape index (κ1) is 18.8. The molecule has 0 saturated heterocycles. The van der Waals surface area contributed by atoms with Crippen molar-refractivity contribution in [3.63, 3.8) is 0 Å². The van der Waals surface area contributed by atoms with E-state index in [1.165, 1.54) is 12.1 Å². The van der Waals surface area contributed by atoms with E-state index in [-0.39, 0.29) is 30.5 Å². The molecule has 1 heterocycles. The molecule has 0 aliphatic heterocycles. The van der Waals surface area contributed by atoms with E-state index in [1.54, 1.807) is 18.4 Å². The summed E-state index contributed by atoms with van der Waals surface area (Å²) < 4.78 is 23.8. The largest absolute Gasteiger partial charge is 0.491 e. The monoisotopic (exact) mass is 349 g/mol. The number of nitrogens with one attached hydrogen (secondary N) is 2. The first-order chi connectivity index (χ1) is 12.0. The number of urea groups is 1. The van der Waals surface area contributed by atoms with E-state index in [2.05, 4.69) is 10.6 Å². The van der Waals surface area contributed by atoms with Crippen molar-refractivity contribution >= 4 is 6.03 Å². The van der Waals surface area contributed by atoms with E-state index in [1.807, 2.05) is 38.1 Å². The minimum atomic E-state index is -0.315. The zero-order valence-corrected chi connectivity index (χ0v) is 14.7. The van der Waals surface area contributed by atoms with Crippen molar-refractivity contribution in [2.75, 3.05) is 27.2 Å². The lowest BCUT2D eigenvalue weighted by molar-refractivity contribution is 0.215. The zero-order chi connectivity index (χ0) is 18.2. The van der Waals surface area contributed by atoms with E-state index in [9.17, 15) is 9.18 Å². The third-order valence-electron chi connectivity index (χ3n) is 3.64. The van der Waals surface area contributed by atoms with Crippen molar-refractivity contribution in [3.8, 4) is 5.75 Å². The fourth-order valence-electron chi connectivity index (χ4n) is 2.28. The number of nitrogens with zero attached hydrogens (tertiary/aromatic N) is 1. The van der Waals surface area contributed by atoms with Crippen LogP contribution in [0, 0.1) is 5.82 Å². The average molecular weight is 349 g/mol. The number of hydrogen-bond acceptors (Lipinski definition) is 4. The molecule has 25 heavy (non-hydrogen) atoms. The highest BCUT2D eigenvalue weighted by atomic mass is 19.1. The Morgan fingerprint density at radius 2 is 2.00 bits per heavy atom. The van der Waals surface area contributed by atoms with Crippen LogP contribution < -0.4 is 15.4 Å². The van der Waals surface area contributed by atoms with Gasteiger partial charge in [-0.1, -0.05) is 0 Å². The van der Waals surface area contributed by atoms with Gasteiger partial charge >= 0.3 is 6.03 Å². The number of likely N-dealkylation sites (N-methyl/N-ethyl adjacent to an activating group) is 1. The molecule has 1 aromatic heterocycles. The maximum Gasteiger partial charge on any atom is 0.315 e. The second-order valence-electron chi connectivity index (χ2n) is 6.02. The van der Waals surface area contributed by atoms with Crippen LogP contribution in [0.25, 0.3) is 0 Å². The number of carbonyl (C=O) groups is 1. The average Bonchev–Trinajstić information content (AvgIpc) is 3.08. The summed E-state index contributed by atoms with van der Waals surface area (Å²) in [5, 5.41) is 5.63. The Hall–Kier alpha value is -2.54. The topological polar surface area (TPSA) is 66.7 Å². The van der Waals surface area contributed by atoms with Crippen molar-refractivity contribution in [2.24, 2.45) is 0 Å². The molecule has 2 rings (SSSR count). The summed E-state index contributed by atoms with van der Waals surface area (Å²) in [7, 11) is 3.85. The predicted octanol–water partition coefficient (Wildman–Crippen LogP) is 2.79. The van der Waals surface area contributed by atoms with Gasteiger partial charge in [-0.25, -0.2) is 9.18 Å². The van der Waals surface area contributed by atoms with E-state index >= 15 is 0 Å². The molecule has 0 fully saturated rings. The van der Waals surface area contributed by atoms with Gasteiger partial charge < -0.3 is 19.8 Å². The molecule has 2 unspecified atom stereocenters. The molecule has 0 bridgehead atoms. The van der Waals surface area contributed by atoms with Crippen LogP contribution >= 0.6 is 0 Å². The molecule has 0 saturated carbocycles. The molecule has 7 heteroatoms. The minimum Gasteiger partial charge on any atom is -0.491 e. The summed E-state index contributed by atoms with van der Waals surface area (Å²) in [6.07, 6.45) is 1.61. The Morgan fingerprint density at radius 3 is 2.60 bits per heavy atom. The van der Waals surface area contributed by atoms with E-state index < -0.39 is 0 Å². The molecule has 0 aliphatic carbocycles. The lowest BCUT2D eigenvalue weighted by atomic mass is 10.2.